The number of nitrogens with one attached hydrogen (secondary N) is 1. The Bertz CT molecular complexity index is 684. The van der Waals surface area contributed by atoms with Gasteiger partial charge >= 0.3 is 0 Å². The molecule has 5 nitrogen and oxygen atoms in total. The fourth-order valence-corrected chi connectivity index (χ4v) is 2.29. The second kappa shape index (κ2) is 11.4. The molecule has 0 fully saturated rings. The number of carbonyl (C=O) groups excluding carboxylic acids is 1. The molecule has 0 radical (unpaired) electrons. The van der Waals surface area contributed by atoms with Gasteiger partial charge in [-0.15, -0.1) is 24.8 Å². The lowest BCUT2D eigenvalue weighted by Crippen LogP contribution is -2.35. The van der Waals surface area contributed by atoms with Crippen molar-refractivity contribution in [1.29, 1.82) is 0 Å². The molecular weight excluding hydrogens is 408 g/mol. The minimum absolute atomic E-state index is 0. The van der Waals surface area contributed by atoms with Gasteiger partial charge < -0.3 is 15.8 Å². The number of benzene rings is 1. The number of anilines is 1. The summed E-state index contributed by atoms with van der Waals surface area (Å²) in [6.45, 7) is 1.98. The molecule has 25 heavy (non-hydrogen) atoms. The van der Waals surface area contributed by atoms with E-state index in [9.17, 15) is 4.79 Å². The summed E-state index contributed by atoms with van der Waals surface area (Å²) in [6.07, 6.45) is 2.95. The molecule has 138 valence electrons. The van der Waals surface area contributed by atoms with Crippen molar-refractivity contribution in [2.24, 2.45) is 5.73 Å². The summed E-state index contributed by atoms with van der Waals surface area (Å²) in [5, 5.41) is 3.51. The number of carbonyl (C=O) groups is 1. The minimum atomic E-state index is -0.506. The zero-order valence-electron chi connectivity index (χ0n) is 13.4. The third-order valence-electron chi connectivity index (χ3n) is 3.05. The van der Waals surface area contributed by atoms with E-state index in [1.54, 1.807) is 30.3 Å². The molecule has 0 aliphatic rings. The highest BCUT2D eigenvalue weighted by molar-refractivity contribution is 6.35. The average Bonchev–Trinajstić information content (AvgIpc) is 2.52. The summed E-state index contributed by atoms with van der Waals surface area (Å²) < 4.78 is 5.57. The van der Waals surface area contributed by atoms with E-state index in [1.165, 1.54) is 6.20 Å². The quantitative estimate of drug-likeness (QED) is 0.674. The van der Waals surface area contributed by atoms with Crippen LogP contribution in [0.3, 0.4) is 0 Å². The summed E-state index contributed by atoms with van der Waals surface area (Å²) in [5.41, 5.74) is 6.41. The second-order valence-electron chi connectivity index (χ2n) is 4.95. The SMILES string of the molecule is CCCC(N)C(=O)Nc1ccc(Oc2ncc(Cl)cc2Cl)cc1.Cl.Cl. The van der Waals surface area contributed by atoms with Gasteiger partial charge in [0.25, 0.3) is 0 Å². The van der Waals surface area contributed by atoms with Gasteiger partial charge in [-0.3, -0.25) is 4.79 Å². The van der Waals surface area contributed by atoms with Crippen molar-refractivity contribution in [1.82, 2.24) is 4.98 Å². The summed E-state index contributed by atoms with van der Waals surface area (Å²) >= 11 is 11.8. The molecule has 1 aromatic heterocycles. The van der Waals surface area contributed by atoms with Crippen LogP contribution in [0, 0.1) is 0 Å². The monoisotopic (exact) mass is 425 g/mol. The molecular formula is C16H19Cl4N3O2. The molecule has 2 rings (SSSR count). The van der Waals surface area contributed by atoms with Crippen molar-refractivity contribution in [3.8, 4) is 11.6 Å². The first-order valence-electron chi connectivity index (χ1n) is 7.15. The molecule has 3 N–H and O–H groups in total. The predicted molar refractivity (Wildman–Crippen MR) is 107 cm³/mol. The molecule has 1 heterocycles. The van der Waals surface area contributed by atoms with Crippen molar-refractivity contribution in [2.45, 2.75) is 25.8 Å². The van der Waals surface area contributed by atoms with Gasteiger partial charge in [0.05, 0.1) is 11.1 Å². The number of hydrogen-bond acceptors (Lipinski definition) is 4. The van der Waals surface area contributed by atoms with Crippen LogP contribution in [0.25, 0.3) is 0 Å². The third kappa shape index (κ3) is 7.26. The highest BCUT2D eigenvalue weighted by atomic mass is 35.5. The number of ether oxygens (including phenoxy) is 1. The highest BCUT2D eigenvalue weighted by Crippen LogP contribution is 2.29. The number of nitrogens with zero attached hydrogens (tertiary/aromatic N) is 1. The predicted octanol–water partition coefficient (Wildman–Crippen LogP) is 5.09. The number of pyridine rings is 1. The van der Waals surface area contributed by atoms with Crippen molar-refractivity contribution in [3.63, 3.8) is 0 Å². The van der Waals surface area contributed by atoms with Crippen LogP contribution < -0.4 is 15.8 Å². The Labute approximate surface area is 169 Å². The molecule has 0 aliphatic carbocycles. The second-order valence-corrected chi connectivity index (χ2v) is 5.80. The van der Waals surface area contributed by atoms with Crippen LogP contribution in [0.2, 0.25) is 10.0 Å². The number of rotatable bonds is 6. The maximum absolute atomic E-state index is 11.8. The molecule has 0 spiro atoms. The van der Waals surface area contributed by atoms with E-state index in [0.717, 1.165) is 6.42 Å². The van der Waals surface area contributed by atoms with E-state index in [1.807, 2.05) is 6.92 Å². The van der Waals surface area contributed by atoms with Crippen molar-refractivity contribution in [3.05, 3.63) is 46.6 Å². The van der Waals surface area contributed by atoms with Crippen molar-refractivity contribution >= 4 is 59.6 Å². The Morgan fingerprint density at radius 1 is 1.28 bits per heavy atom. The maximum Gasteiger partial charge on any atom is 0.241 e. The first-order chi connectivity index (χ1) is 11.0. The van der Waals surface area contributed by atoms with E-state index in [4.69, 9.17) is 33.7 Å². The van der Waals surface area contributed by atoms with Crippen LogP contribution in [-0.4, -0.2) is 16.9 Å². The fraction of sp³-hybridized carbons (Fsp3) is 0.250. The van der Waals surface area contributed by atoms with Gasteiger partial charge in [0.2, 0.25) is 11.8 Å². The molecule has 0 aliphatic heterocycles. The lowest BCUT2D eigenvalue weighted by Gasteiger charge is -2.12. The molecule has 9 heteroatoms. The van der Waals surface area contributed by atoms with Crippen molar-refractivity contribution < 1.29 is 9.53 Å². The van der Waals surface area contributed by atoms with E-state index in [2.05, 4.69) is 10.3 Å². The normalized spacial score (nSPS) is 10.9. The van der Waals surface area contributed by atoms with Crippen LogP contribution in [0.15, 0.2) is 36.5 Å². The fourth-order valence-electron chi connectivity index (χ4n) is 1.87. The number of hydrogen-bond donors (Lipinski definition) is 2. The number of amides is 1. The zero-order chi connectivity index (χ0) is 16.8. The Morgan fingerprint density at radius 3 is 2.48 bits per heavy atom. The standard InChI is InChI=1S/C16H17Cl2N3O2.2ClH/c1-2-3-14(19)15(22)21-11-4-6-12(7-5-11)23-16-13(18)8-10(17)9-20-16;;/h4-9,14H,2-3,19H2,1H3,(H,21,22);2*1H. The first-order valence-corrected chi connectivity index (χ1v) is 7.90. The lowest BCUT2D eigenvalue weighted by atomic mass is 10.1. The van der Waals surface area contributed by atoms with Gasteiger partial charge in [0.1, 0.15) is 10.8 Å². The van der Waals surface area contributed by atoms with E-state index >= 15 is 0 Å². The Kier molecular flexibility index (Phi) is 10.8. The molecule has 0 bridgehead atoms. The van der Waals surface area contributed by atoms with Crippen LogP contribution in [0.1, 0.15) is 19.8 Å². The lowest BCUT2D eigenvalue weighted by molar-refractivity contribution is -0.117. The molecule has 1 amide bonds. The van der Waals surface area contributed by atoms with Gasteiger partial charge in [-0.05, 0) is 36.8 Å². The molecule has 0 saturated heterocycles. The number of nitrogens with two attached hydrogens (primary N) is 1. The summed E-state index contributed by atoms with van der Waals surface area (Å²) in [4.78, 5) is 15.9. The largest absolute Gasteiger partial charge is 0.438 e. The van der Waals surface area contributed by atoms with Gasteiger partial charge in [0.15, 0.2) is 0 Å². The third-order valence-corrected chi connectivity index (χ3v) is 3.52. The van der Waals surface area contributed by atoms with Crippen LogP contribution in [0.4, 0.5) is 5.69 Å². The summed E-state index contributed by atoms with van der Waals surface area (Å²) in [6, 6.07) is 7.88. The Morgan fingerprint density at radius 2 is 1.92 bits per heavy atom. The van der Waals surface area contributed by atoms with Gasteiger partial charge in [0, 0.05) is 11.9 Å². The van der Waals surface area contributed by atoms with E-state index in [0.29, 0.717) is 27.9 Å². The van der Waals surface area contributed by atoms with Crippen LogP contribution in [-0.2, 0) is 4.79 Å². The number of halogens is 4. The highest BCUT2D eigenvalue weighted by Gasteiger charge is 2.12. The zero-order valence-corrected chi connectivity index (χ0v) is 16.5. The summed E-state index contributed by atoms with van der Waals surface area (Å²) in [5.74, 6) is 0.596. The minimum Gasteiger partial charge on any atom is -0.438 e. The maximum atomic E-state index is 11.8. The molecule has 0 saturated carbocycles. The first kappa shape index (κ1) is 23.8. The van der Waals surface area contributed by atoms with Crippen LogP contribution in [0.5, 0.6) is 11.6 Å². The Balaban J connectivity index is 0.00000288. The number of aromatic nitrogens is 1. The van der Waals surface area contributed by atoms with Gasteiger partial charge in [-0.25, -0.2) is 4.98 Å². The van der Waals surface area contributed by atoms with Crippen molar-refractivity contribution in [2.75, 3.05) is 5.32 Å². The topological polar surface area (TPSA) is 77.2 Å². The molecule has 1 atom stereocenters. The smallest absolute Gasteiger partial charge is 0.241 e. The summed E-state index contributed by atoms with van der Waals surface area (Å²) in [7, 11) is 0. The van der Waals surface area contributed by atoms with E-state index < -0.39 is 6.04 Å². The Hall–Kier alpha value is -1.24. The van der Waals surface area contributed by atoms with Gasteiger partial charge in [-0.1, -0.05) is 36.5 Å². The molecule has 2 aromatic rings. The molecule has 1 aromatic carbocycles. The average molecular weight is 427 g/mol. The van der Waals surface area contributed by atoms with Gasteiger partial charge in [-0.2, -0.15) is 0 Å². The molecule has 1 unspecified atom stereocenters. The van der Waals surface area contributed by atoms with E-state index in [-0.39, 0.29) is 36.6 Å². The van der Waals surface area contributed by atoms with Crippen LogP contribution >= 0.6 is 48.0 Å².